The molecule has 0 saturated carbocycles. The number of benzene rings is 2. The second-order valence-corrected chi connectivity index (χ2v) is 17.5. The van der Waals surface area contributed by atoms with Crippen molar-refractivity contribution in [1.82, 2.24) is 0 Å². The largest absolute Gasteiger partial charge is 0.0981 e. The summed E-state index contributed by atoms with van der Waals surface area (Å²) in [5, 5.41) is 2.67. The van der Waals surface area contributed by atoms with Gasteiger partial charge in [-0.15, -0.1) is 0 Å². The van der Waals surface area contributed by atoms with Gasteiger partial charge >= 0.3 is 0 Å². The van der Waals surface area contributed by atoms with Crippen molar-refractivity contribution in [2.75, 3.05) is 25.7 Å². The first-order valence-corrected chi connectivity index (χ1v) is 14.5. The van der Waals surface area contributed by atoms with E-state index in [1.807, 2.05) is 0 Å². The van der Waals surface area contributed by atoms with Gasteiger partial charge in [0, 0.05) is 6.04 Å². The van der Waals surface area contributed by atoms with Gasteiger partial charge in [0.25, 0.3) is 0 Å². The van der Waals surface area contributed by atoms with E-state index < -0.39 is 12.1 Å². The van der Waals surface area contributed by atoms with Crippen LogP contribution in [0.25, 0.3) is 0 Å². The Hall–Kier alpha value is -0.260. The van der Waals surface area contributed by atoms with Gasteiger partial charge in [-0.25, -0.2) is 0 Å². The van der Waals surface area contributed by atoms with Crippen LogP contribution >= 0.6 is 12.1 Å². The Morgan fingerprint density at radius 1 is 0.682 bits per heavy atom. The Morgan fingerprint density at radius 3 is 1.50 bits per heavy atom. The zero-order chi connectivity index (χ0) is 16.1. The van der Waals surface area contributed by atoms with Gasteiger partial charge in [0.05, 0.1) is 0 Å². The van der Waals surface area contributed by atoms with Crippen LogP contribution in [-0.4, -0.2) is 25.7 Å². The lowest BCUT2D eigenvalue weighted by atomic mass is 10.4. The summed E-state index contributed by atoms with van der Waals surface area (Å²) in [6.45, 7) is 4.49. The van der Waals surface area contributed by atoms with Gasteiger partial charge in [0.1, 0.15) is 0 Å². The second kappa shape index (κ2) is 8.02. The summed E-state index contributed by atoms with van der Waals surface area (Å²) in [4.78, 5) is 0. The Kier molecular flexibility index (Phi) is 6.59. The zero-order valence-electron chi connectivity index (χ0n) is 13.3. The summed E-state index contributed by atoms with van der Waals surface area (Å²) in [6, 6.07) is 18.6. The zero-order valence-corrected chi connectivity index (χ0v) is 16.7. The third-order valence-electron chi connectivity index (χ3n) is 3.77. The SMILES string of the molecule is CP(C)(=S)CCCCP(=S)(c1ccccc1)c1ccccc1. The number of unbranched alkanes of at least 4 members (excludes halogenated alkanes) is 1. The summed E-state index contributed by atoms with van der Waals surface area (Å²) in [5.74, 6) is 0. The molecule has 0 heterocycles. The molecule has 118 valence electrons. The van der Waals surface area contributed by atoms with Crippen molar-refractivity contribution in [3.05, 3.63) is 60.7 Å². The van der Waals surface area contributed by atoms with E-state index in [0.29, 0.717) is 0 Å². The van der Waals surface area contributed by atoms with E-state index in [4.69, 9.17) is 23.6 Å². The highest BCUT2D eigenvalue weighted by molar-refractivity contribution is 8.21. The Morgan fingerprint density at radius 2 is 1.09 bits per heavy atom. The molecule has 0 aromatic heterocycles. The molecule has 0 fully saturated rings. The van der Waals surface area contributed by atoms with Crippen LogP contribution in [-0.2, 0) is 23.6 Å². The van der Waals surface area contributed by atoms with Crippen LogP contribution in [0, 0.1) is 0 Å². The summed E-state index contributed by atoms with van der Waals surface area (Å²) in [7, 11) is 0. The third kappa shape index (κ3) is 5.14. The molecule has 0 radical (unpaired) electrons. The maximum absolute atomic E-state index is 6.24. The highest BCUT2D eigenvalue weighted by atomic mass is 32.4. The highest BCUT2D eigenvalue weighted by Crippen LogP contribution is 2.45. The first-order chi connectivity index (χ1) is 10.4. The molecule has 0 saturated heterocycles. The Balaban J connectivity index is 2.20. The average Bonchev–Trinajstić information content (AvgIpc) is 2.52. The molecule has 0 amide bonds. The maximum Gasteiger partial charge on any atom is 0.0106 e. The molecule has 0 atom stereocenters. The van der Waals surface area contributed by atoms with Crippen molar-refractivity contribution in [2.24, 2.45) is 0 Å². The van der Waals surface area contributed by atoms with Crippen LogP contribution in [0.5, 0.6) is 0 Å². The molecule has 0 aliphatic rings. The fourth-order valence-corrected chi connectivity index (χ4v) is 7.85. The van der Waals surface area contributed by atoms with E-state index in [-0.39, 0.29) is 0 Å². The molecular formula is C18H24P2S2. The lowest BCUT2D eigenvalue weighted by Crippen LogP contribution is -2.18. The van der Waals surface area contributed by atoms with Crippen molar-refractivity contribution in [2.45, 2.75) is 12.8 Å². The molecule has 0 bridgehead atoms. The molecule has 0 N–H and O–H groups in total. The maximum atomic E-state index is 6.24. The third-order valence-corrected chi connectivity index (χ3v) is 10.7. The normalized spacial score (nSPS) is 12.3. The Labute approximate surface area is 145 Å². The molecule has 22 heavy (non-hydrogen) atoms. The van der Waals surface area contributed by atoms with E-state index in [2.05, 4.69) is 74.0 Å². The van der Waals surface area contributed by atoms with Crippen LogP contribution in [0.15, 0.2) is 60.7 Å². The van der Waals surface area contributed by atoms with Gasteiger partial charge in [-0.05, 0) is 55.1 Å². The average molecular weight is 366 g/mol. The number of hydrogen-bond acceptors (Lipinski definition) is 2. The highest BCUT2D eigenvalue weighted by Gasteiger charge is 2.21. The molecule has 2 aromatic rings. The number of hydrogen-bond donors (Lipinski definition) is 0. The summed E-state index contributed by atoms with van der Waals surface area (Å²) in [6.07, 6.45) is 4.69. The van der Waals surface area contributed by atoms with Crippen molar-refractivity contribution in [3.63, 3.8) is 0 Å². The lowest BCUT2D eigenvalue weighted by molar-refractivity contribution is 0.899. The molecular weight excluding hydrogens is 342 g/mol. The van der Waals surface area contributed by atoms with Crippen molar-refractivity contribution in [3.8, 4) is 0 Å². The van der Waals surface area contributed by atoms with Gasteiger partial charge in [-0.2, -0.15) is 0 Å². The van der Waals surface area contributed by atoms with Gasteiger partial charge in [0.2, 0.25) is 0 Å². The first kappa shape index (κ1) is 18.1. The standard InChI is InChI=1S/C18H24P2S2/c1-19(2,21)15-9-10-16-20(22,17-11-5-3-6-12-17)18-13-7-4-8-14-18/h3-8,11-14H,9-10,15-16H2,1-2H3. The minimum atomic E-state index is -1.69. The molecule has 0 aliphatic heterocycles. The minimum absolute atomic E-state index is 1.08. The van der Waals surface area contributed by atoms with Gasteiger partial charge in [-0.3, -0.25) is 0 Å². The van der Waals surface area contributed by atoms with Gasteiger partial charge < -0.3 is 0 Å². The second-order valence-electron chi connectivity index (χ2n) is 6.14. The van der Waals surface area contributed by atoms with Crippen LogP contribution < -0.4 is 10.6 Å². The molecule has 0 nitrogen and oxygen atoms in total. The predicted octanol–water partition coefficient (Wildman–Crippen LogP) is 4.64. The fourth-order valence-electron chi connectivity index (χ4n) is 2.57. The van der Waals surface area contributed by atoms with Crippen LogP contribution in [0.2, 0.25) is 0 Å². The molecule has 0 unspecified atom stereocenters. The van der Waals surface area contributed by atoms with E-state index >= 15 is 0 Å². The predicted molar refractivity (Wildman–Crippen MR) is 112 cm³/mol. The first-order valence-electron chi connectivity index (χ1n) is 7.66. The van der Waals surface area contributed by atoms with Crippen LogP contribution in [0.4, 0.5) is 0 Å². The monoisotopic (exact) mass is 366 g/mol. The smallest absolute Gasteiger partial charge is 0.0106 e. The topological polar surface area (TPSA) is 0 Å². The van der Waals surface area contributed by atoms with Gasteiger partial charge in [0.15, 0.2) is 0 Å². The molecule has 2 aromatic carbocycles. The lowest BCUT2D eigenvalue weighted by Gasteiger charge is -2.23. The molecule has 0 aliphatic carbocycles. The molecule has 0 spiro atoms. The van der Waals surface area contributed by atoms with E-state index in [1.165, 1.54) is 29.6 Å². The number of rotatable bonds is 7. The van der Waals surface area contributed by atoms with E-state index in [0.717, 1.165) is 6.16 Å². The fraction of sp³-hybridized carbons (Fsp3) is 0.333. The van der Waals surface area contributed by atoms with Crippen molar-refractivity contribution in [1.29, 1.82) is 0 Å². The van der Waals surface area contributed by atoms with Crippen molar-refractivity contribution < 1.29 is 0 Å². The minimum Gasteiger partial charge on any atom is -0.0981 e. The molecule has 2 rings (SSSR count). The van der Waals surface area contributed by atoms with E-state index in [9.17, 15) is 0 Å². The van der Waals surface area contributed by atoms with Gasteiger partial charge in [-0.1, -0.05) is 84.3 Å². The summed E-state index contributed by atoms with van der Waals surface area (Å²) < 4.78 is 0. The van der Waals surface area contributed by atoms with Crippen molar-refractivity contribution >= 4 is 46.3 Å². The summed E-state index contributed by atoms with van der Waals surface area (Å²) in [5.41, 5.74) is 0. The van der Waals surface area contributed by atoms with Crippen LogP contribution in [0.1, 0.15) is 12.8 Å². The van der Waals surface area contributed by atoms with Crippen LogP contribution in [0.3, 0.4) is 0 Å². The molecule has 4 heteroatoms. The Bertz CT molecular complexity index is 631. The van der Waals surface area contributed by atoms with E-state index in [1.54, 1.807) is 0 Å². The quantitative estimate of drug-likeness (QED) is 0.517. The summed E-state index contributed by atoms with van der Waals surface area (Å²) >= 11 is 11.8.